The largest absolute Gasteiger partial charge is 0.461 e. The van der Waals surface area contributed by atoms with E-state index in [4.69, 9.17) is 9.56 Å². The second-order valence-corrected chi connectivity index (χ2v) is 7.66. The molecule has 1 aromatic heterocycles. The molecular formula is C20H20N2O4S. The molecule has 3 N–H and O–H groups in total. The van der Waals surface area contributed by atoms with Crippen LogP contribution in [0.15, 0.2) is 76.0 Å². The molecule has 0 spiro atoms. The maximum atomic E-state index is 12.0. The first-order valence-corrected chi connectivity index (χ1v) is 9.99. The Morgan fingerprint density at radius 3 is 2.33 bits per heavy atom. The van der Waals surface area contributed by atoms with Gasteiger partial charge in [-0.2, -0.15) is 0 Å². The number of carbonyl (C=O) groups is 1. The summed E-state index contributed by atoms with van der Waals surface area (Å²) in [5.74, 6) is 1.42. The van der Waals surface area contributed by atoms with Crippen LogP contribution in [0.3, 0.4) is 0 Å². The number of aryl methyl sites for hydroxylation is 1. The first kappa shape index (κ1) is 18.9. The summed E-state index contributed by atoms with van der Waals surface area (Å²) in [7, 11) is -3.71. The number of rotatable bonds is 7. The lowest BCUT2D eigenvalue weighted by molar-refractivity contribution is -0.121. The average Bonchev–Trinajstić information content (AvgIpc) is 3.14. The van der Waals surface area contributed by atoms with Gasteiger partial charge in [-0.15, -0.1) is 0 Å². The Bertz CT molecular complexity index is 1010. The molecular weight excluding hydrogens is 364 g/mol. The molecule has 0 aliphatic heterocycles. The molecule has 2 aromatic carbocycles. The van der Waals surface area contributed by atoms with Crippen LogP contribution in [-0.4, -0.2) is 14.3 Å². The fourth-order valence-corrected chi connectivity index (χ4v) is 3.11. The number of hydrogen-bond acceptors (Lipinski definition) is 4. The first-order chi connectivity index (χ1) is 12.9. The van der Waals surface area contributed by atoms with Gasteiger partial charge in [-0.3, -0.25) is 4.79 Å². The standard InChI is InChI=1S/C20H20N2O4S/c21-27(24,25)18-10-6-15(7-11-18)14-22-20(23)13-9-17-8-12-19(26-17)16-4-2-1-3-5-16/h1-8,10-12H,9,13-14H2,(H,22,23)(H2,21,24,25). The van der Waals surface area contributed by atoms with Gasteiger partial charge in [0.2, 0.25) is 15.9 Å². The summed E-state index contributed by atoms with van der Waals surface area (Å²) in [6, 6.07) is 19.6. The van der Waals surface area contributed by atoms with Crippen molar-refractivity contribution in [2.24, 2.45) is 5.14 Å². The van der Waals surface area contributed by atoms with Crippen LogP contribution < -0.4 is 10.5 Å². The summed E-state index contributed by atoms with van der Waals surface area (Å²) in [4.78, 5) is 12.1. The zero-order chi connectivity index (χ0) is 19.3. The third-order valence-electron chi connectivity index (χ3n) is 4.06. The predicted molar refractivity (Wildman–Crippen MR) is 102 cm³/mol. The van der Waals surface area contributed by atoms with Crippen LogP contribution in [0.2, 0.25) is 0 Å². The van der Waals surface area contributed by atoms with Crippen molar-refractivity contribution in [1.82, 2.24) is 5.32 Å². The molecule has 0 aliphatic rings. The van der Waals surface area contributed by atoms with E-state index < -0.39 is 10.0 Å². The lowest BCUT2D eigenvalue weighted by atomic mass is 10.2. The van der Waals surface area contributed by atoms with E-state index in [9.17, 15) is 13.2 Å². The molecule has 27 heavy (non-hydrogen) atoms. The van der Waals surface area contributed by atoms with Crippen LogP contribution in [0.25, 0.3) is 11.3 Å². The molecule has 0 saturated carbocycles. The number of benzene rings is 2. The maximum Gasteiger partial charge on any atom is 0.238 e. The molecule has 0 atom stereocenters. The van der Waals surface area contributed by atoms with Crippen molar-refractivity contribution < 1.29 is 17.6 Å². The number of nitrogens with one attached hydrogen (secondary N) is 1. The Balaban J connectivity index is 1.48. The Hall–Kier alpha value is -2.90. The van der Waals surface area contributed by atoms with E-state index in [1.807, 2.05) is 42.5 Å². The van der Waals surface area contributed by atoms with Crippen LogP contribution in [0.4, 0.5) is 0 Å². The second-order valence-electron chi connectivity index (χ2n) is 6.10. The van der Waals surface area contributed by atoms with Gasteiger partial charge in [0.15, 0.2) is 0 Å². The smallest absolute Gasteiger partial charge is 0.238 e. The number of nitrogens with two attached hydrogens (primary N) is 1. The van der Waals surface area contributed by atoms with Gasteiger partial charge in [-0.1, -0.05) is 42.5 Å². The Kier molecular flexibility index (Phi) is 5.73. The van der Waals surface area contributed by atoms with Crippen molar-refractivity contribution >= 4 is 15.9 Å². The van der Waals surface area contributed by atoms with E-state index in [2.05, 4.69) is 5.32 Å². The van der Waals surface area contributed by atoms with E-state index in [0.717, 1.165) is 22.6 Å². The van der Waals surface area contributed by atoms with Crippen molar-refractivity contribution in [2.45, 2.75) is 24.3 Å². The topological polar surface area (TPSA) is 102 Å². The molecule has 3 aromatic rings. The average molecular weight is 384 g/mol. The van der Waals surface area contributed by atoms with Crippen LogP contribution in [0.1, 0.15) is 17.7 Å². The van der Waals surface area contributed by atoms with Crippen molar-refractivity contribution in [3.63, 3.8) is 0 Å². The van der Waals surface area contributed by atoms with Gasteiger partial charge in [0.1, 0.15) is 11.5 Å². The Morgan fingerprint density at radius 1 is 0.963 bits per heavy atom. The van der Waals surface area contributed by atoms with Gasteiger partial charge < -0.3 is 9.73 Å². The molecule has 0 bridgehead atoms. The van der Waals surface area contributed by atoms with Crippen molar-refractivity contribution in [2.75, 3.05) is 0 Å². The monoisotopic (exact) mass is 384 g/mol. The molecule has 0 saturated heterocycles. The van der Waals surface area contributed by atoms with E-state index in [0.29, 0.717) is 19.4 Å². The van der Waals surface area contributed by atoms with Gasteiger partial charge >= 0.3 is 0 Å². The summed E-state index contributed by atoms with van der Waals surface area (Å²) in [6.07, 6.45) is 0.806. The quantitative estimate of drug-likeness (QED) is 0.654. The van der Waals surface area contributed by atoms with Gasteiger partial charge in [0.05, 0.1) is 4.90 Å². The van der Waals surface area contributed by atoms with Crippen molar-refractivity contribution in [3.05, 3.63) is 78.1 Å². The highest BCUT2D eigenvalue weighted by Gasteiger charge is 2.09. The van der Waals surface area contributed by atoms with Crippen molar-refractivity contribution in [1.29, 1.82) is 0 Å². The predicted octanol–water partition coefficient (Wildman–Crippen LogP) is 2.84. The summed E-state index contributed by atoms with van der Waals surface area (Å²) in [5.41, 5.74) is 1.79. The molecule has 0 aliphatic carbocycles. The van der Waals surface area contributed by atoms with Gasteiger partial charge in [0.25, 0.3) is 0 Å². The minimum absolute atomic E-state index is 0.0459. The fraction of sp³-hybridized carbons (Fsp3) is 0.150. The number of hydrogen-bond donors (Lipinski definition) is 2. The maximum absolute atomic E-state index is 12.0. The minimum Gasteiger partial charge on any atom is -0.461 e. The molecule has 0 unspecified atom stereocenters. The fourth-order valence-electron chi connectivity index (χ4n) is 2.59. The highest BCUT2D eigenvalue weighted by Crippen LogP contribution is 2.22. The number of furan rings is 1. The normalized spacial score (nSPS) is 11.3. The minimum atomic E-state index is -3.71. The number of carbonyl (C=O) groups excluding carboxylic acids is 1. The third-order valence-corrected chi connectivity index (χ3v) is 4.99. The molecule has 140 valence electrons. The zero-order valence-corrected chi connectivity index (χ0v) is 15.4. The Morgan fingerprint density at radius 2 is 1.67 bits per heavy atom. The molecule has 7 heteroatoms. The molecule has 1 amide bonds. The van der Waals surface area contributed by atoms with E-state index in [-0.39, 0.29) is 10.8 Å². The number of amides is 1. The summed E-state index contributed by atoms with van der Waals surface area (Å²) in [5, 5.41) is 7.86. The molecule has 3 rings (SSSR count). The van der Waals surface area contributed by atoms with E-state index in [1.165, 1.54) is 12.1 Å². The van der Waals surface area contributed by atoms with Crippen LogP contribution in [0.5, 0.6) is 0 Å². The number of sulfonamides is 1. The van der Waals surface area contributed by atoms with E-state index >= 15 is 0 Å². The van der Waals surface area contributed by atoms with Crippen LogP contribution >= 0.6 is 0 Å². The Labute approximate surface area is 158 Å². The second kappa shape index (κ2) is 8.20. The molecule has 0 fully saturated rings. The van der Waals surface area contributed by atoms with Gasteiger partial charge in [-0.05, 0) is 29.8 Å². The molecule has 6 nitrogen and oxygen atoms in total. The number of primary sulfonamides is 1. The lowest BCUT2D eigenvalue weighted by Gasteiger charge is -2.06. The van der Waals surface area contributed by atoms with Crippen LogP contribution in [-0.2, 0) is 27.8 Å². The summed E-state index contributed by atoms with van der Waals surface area (Å²) < 4.78 is 28.2. The first-order valence-electron chi connectivity index (χ1n) is 8.44. The van der Waals surface area contributed by atoms with Gasteiger partial charge in [0, 0.05) is 24.9 Å². The highest BCUT2D eigenvalue weighted by atomic mass is 32.2. The zero-order valence-electron chi connectivity index (χ0n) is 14.6. The summed E-state index contributed by atoms with van der Waals surface area (Å²) in [6.45, 7) is 0.317. The SMILES string of the molecule is NS(=O)(=O)c1ccc(CNC(=O)CCc2ccc(-c3ccccc3)o2)cc1. The van der Waals surface area contributed by atoms with Gasteiger partial charge in [-0.25, -0.2) is 13.6 Å². The molecule has 0 radical (unpaired) electrons. The van der Waals surface area contributed by atoms with Crippen LogP contribution in [0, 0.1) is 0 Å². The van der Waals surface area contributed by atoms with Crippen molar-refractivity contribution in [3.8, 4) is 11.3 Å². The molecule has 1 heterocycles. The van der Waals surface area contributed by atoms with E-state index in [1.54, 1.807) is 12.1 Å². The third kappa shape index (κ3) is 5.29. The highest BCUT2D eigenvalue weighted by molar-refractivity contribution is 7.89. The summed E-state index contributed by atoms with van der Waals surface area (Å²) >= 11 is 0. The lowest BCUT2D eigenvalue weighted by Crippen LogP contribution is -2.23.